The van der Waals surface area contributed by atoms with Gasteiger partial charge in [0.1, 0.15) is 11.4 Å². The molecule has 1 aliphatic heterocycles. The van der Waals surface area contributed by atoms with Gasteiger partial charge >= 0.3 is 0 Å². The van der Waals surface area contributed by atoms with Crippen LogP contribution in [0.3, 0.4) is 0 Å². The van der Waals surface area contributed by atoms with E-state index in [2.05, 4.69) is 25.6 Å². The summed E-state index contributed by atoms with van der Waals surface area (Å²) >= 11 is 1.28. The van der Waals surface area contributed by atoms with E-state index < -0.39 is 0 Å². The number of nitrogens with one attached hydrogen (secondary N) is 1. The monoisotopic (exact) mass is 406 g/mol. The molecule has 0 unspecified atom stereocenters. The van der Waals surface area contributed by atoms with E-state index in [-0.39, 0.29) is 18.5 Å². The number of carbonyl (C=O) groups excluding carboxylic acids is 1. The average Bonchev–Trinajstić information content (AvgIpc) is 3.39. The van der Waals surface area contributed by atoms with Crippen molar-refractivity contribution in [3.8, 4) is 17.2 Å². The van der Waals surface area contributed by atoms with Crippen molar-refractivity contribution < 1.29 is 14.3 Å². The number of nitrogens with zero attached hydrogens (tertiary/aromatic N) is 5. The van der Waals surface area contributed by atoms with Crippen LogP contribution in [0.15, 0.2) is 59.9 Å². The molecule has 29 heavy (non-hydrogen) atoms. The summed E-state index contributed by atoms with van der Waals surface area (Å²) in [4.78, 5) is 20.9. The molecule has 4 aromatic rings. The Balaban J connectivity index is 1.31. The van der Waals surface area contributed by atoms with Gasteiger partial charge in [-0.3, -0.25) is 4.79 Å². The first-order valence-corrected chi connectivity index (χ1v) is 9.70. The van der Waals surface area contributed by atoms with E-state index in [1.165, 1.54) is 18.1 Å². The Kier molecular flexibility index (Phi) is 4.45. The number of aromatic nitrogens is 5. The number of carbonyl (C=O) groups is 1. The Hall–Kier alpha value is -3.66. The van der Waals surface area contributed by atoms with Crippen molar-refractivity contribution in [2.24, 2.45) is 0 Å². The minimum Gasteiger partial charge on any atom is -0.454 e. The molecule has 5 rings (SSSR count). The molecule has 0 spiro atoms. The second-order valence-electron chi connectivity index (χ2n) is 6.09. The number of amides is 1. The van der Waals surface area contributed by atoms with E-state index in [0.29, 0.717) is 33.4 Å². The molecule has 2 aromatic heterocycles. The number of hydrogen-bond donors (Lipinski definition) is 1. The maximum atomic E-state index is 12.4. The zero-order chi connectivity index (χ0) is 19.6. The van der Waals surface area contributed by atoms with Gasteiger partial charge in [-0.2, -0.15) is 4.68 Å². The molecule has 3 heterocycles. The molecular weight excluding hydrogens is 392 g/mol. The summed E-state index contributed by atoms with van der Waals surface area (Å²) in [6.07, 6.45) is 1.45. The van der Waals surface area contributed by atoms with Crippen LogP contribution in [0.1, 0.15) is 0 Å². The SMILES string of the molecule is O=C(CSc1ncnc2c1nnn2-c1ccccc1)Nc1ccc2c(c1)OCO2. The topological polar surface area (TPSA) is 104 Å². The number of benzene rings is 2. The lowest BCUT2D eigenvalue weighted by Gasteiger charge is -2.06. The van der Waals surface area contributed by atoms with Crippen LogP contribution in [0.25, 0.3) is 16.9 Å². The average molecular weight is 406 g/mol. The molecule has 1 aliphatic rings. The number of hydrogen-bond acceptors (Lipinski definition) is 8. The van der Waals surface area contributed by atoms with Crippen molar-refractivity contribution >= 4 is 34.5 Å². The number of anilines is 1. The summed E-state index contributed by atoms with van der Waals surface area (Å²) in [5.74, 6) is 1.28. The van der Waals surface area contributed by atoms with Crippen LogP contribution in [0.4, 0.5) is 5.69 Å². The number of para-hydroxylation sites is 1. The normalized spacial score (nSPS) is 12.3. The minimum atomic E-state index is -0.170. The van der Waals surface area contributed by atoms with Gasteiger partial charge in [-0.25, -0.2) is 9.97 Å². The van der Waals surface area contributed by atoms with Crippen molar-refractivity contribution in [1.82, 2.24) is 25.0 Å². The molecule has 0 saturated carbocycles. The molecule has 9 nitrogen and oxygen atoms in total. The second kappa shape index (κ2) is 7.40. The van der Waals surface area contributed by atoms with Crippen molar-refractivity contribution in [2.75, 3.05) is 17.9 Å². The van der Waals surface area contributed by atoms with Gasteiger partial charge in [0.25, 0.3) is 0 Å². The fourth-order valence-corrected chi connectivity index (χ4v) is 3.61. The van der Waals surface area contributed by atoms with Gasteiger partial charge in [0.15, 0.2) is 22.7 Å². The Morgan fingerprint density at radius 1 is 1.10 bits per heavy atom. The highest BCUT2D eigenvalue weighted by Crippen LogP contribution is 2.34. The van der Waals surface area contributed by atoms with Gasteiger partial charge in [0.2, 0.25) is 12.7 Å². The summed E-state index contributed by atoms with van der Waals surface area (Å²) < 4.78 is 12.2. The molecule has 2 aromatic carbocycles. The molecule has 0 radical (unpaired) electrons. The largest absolute Gasteiger partial charge is 0.454 e. The number of rotatable bonds is 5. The molecule has 1 N–H and O–H groups in total. The fraction of sp³-hybridized carbons (Fsp3) is 0.105. The lowest BCUT2D eigenvalue weighted by atomic mass is 10.3. The van der Waals surface area contributed by atoms with E-state index >= 15 is 0 Å². The van der Waals surface area contributed by atoms with E-state index in [4.69, 9.17) is 9.47 Å². The van der Waals surface area contributed by atoms with Gasteiger partial charge in [-0.15, -0.1) is 5.10 Å². The van der Waals surface area contributed by atoms with Crippen LogP contribution in [-0.2, 0) is 4.79 Å². The first-order chi connectivity index (χ1) is 14.3. The first kappa shape index (κ1) is 17.4. The molecule has 0 atom stereocenters. The minimum absolute atomic E-state index is 0.165. The molecule has 0 saturated heterocycles. The zero-order valence-electron chi connectivity index (χ0n) is 15.0. The Bertz CT molecular complexity index is 1200. The van der Waals surface area contributed by atoms with Crippen molar-refractivity contribution in [1.29, 1.82) is 0 Å². The van der Waals surface area contributed by atoms with Gasteiger partial charge in [-0.1, -0.05) is 35.2 Å². The van der Waals surface area contributed by atoms with E-state index in [9.17, 15) is 4.79 Å². The van der Waals surface area contributed by atoms with Crippen LogP contribution in [0.5, 0.6) is 11.5 Å². The smallest absolute Gasteiger partial charge is 0.234 e. The quantitative estimate of drug-likeness (QED) is 0.398. The third-order valence-electron chi connectivity index (χ3n) is 4.20. The summed E-state index contributed by atoms with van der Waals surface area (Å²) in [5.41, 5.74) is 2.63. The molecule has 144 valence electrons. The molecule has 0 aliphatic carbocycles. The van der Waals surface area contributed by atoms with Crippen molar-refractivity contribution in [3.63, 3.8) is 0 Å². The summed E-state index contributed by atoms with van der Waals surface area (Å²) in [5, 5.41) is 11.8. The van der Waals surface area contributed by atoms with Crippen LogP contribution in [-0.4, -0.2) is 43.4 Å². The van der Waals surface area contributed by atoms with E-state index in [0.717, 1.165) is 5.69 Å². The van der Waals surface area contributed by atoms with Gasteiger partial charge in [0.05, 0.1) is 11.4 Å². The molecular formula is C19H14N6O3S. The molecule has 10 heteroatoms. The number of thioether (sulfide) groups is 1. The van der Waals surface area contributed by atoms with Gasteiger partial charge in [0, 0.05) is 11.8 Å². The van der Waals surface area contributed by atoms with Crippen LogP contribution < -0.4 is 14.8 Å². The van der Waals surface area contributed by atoms with Gasteiger partial charge < -0.3 is 14.8 Å². The number of fused-ring (bicyclic) bond motifs is 2. The maximum absolute atomic E-state index is 12.4. The standard InChI is InChI=1S/C19H14N6O3S/c26-16(22-12-6-7-14-15(8-12)28-11-27-14)9-29-19-17-18(20-10-21-19)25(24-23-17)13-4-2-1-3-5-13/h1-8,10H,9,11H2,(H,22,26). The van der Waals surface area contributed by atoms with Crippen LogP contribution >= 0.6 is 11.8 Å². The third-order valence-corrected chi connectivity index (χ3v) is 5.18. The summed E-state index contributed by atoms with van der Waals surface area (Å²) in [7, 11) is 0. The second-order valence-corrected chi connectivity index (χ2v) is 7.06. The van der Waals surface area contributed by atoms with Crippen molar-refractivity contribution in [3.05, 3.63) is 54.9 Å². The van der Waals surface area contributed by atoms with Gasteiger partial charge in [-0.05, 0) is 24.3 Å². The Labute approximate surface area is 169 Å². The Morgan fingerprint density at radius 3 is 2.86 bits per heavy atom. The first-order valence-electron chi connectivity index (χ1n) is 8.72. The van der Waals surface area contributed by atoms with E-state index in [1.54, 1.807) is 22.9 Å². The van der Waals surface area contributed by atoms with Crippen LogP contribution in [0, 0.1) is 0 Å². The summed E-state index contributed by atoms with van der Waals surface area (Å²) in [6.45, 7) is 0.190. The zero-order valence-corrected chi connectivity index (χ0v) is 15.8. The van der Waals surface area contributed by atoms with Crippen LogP contribution in [0.2, 0.25) is 0 Å². The fourth-order valence-electron chi connectivity index (χ4n) is 2.88. The summed E-state index contributed by atoms with van der Waals surface area (Å²) in [6, 6.07) is 14.9. The number of ether oxygens (including phenoxy) is 2. The highest BCUT2D eigenvalue weighted by Gasteiger charge is 2.16. The molecule has 0 bridgehead atoms. The van der Waals surface area contributed by atoms with E-state index in [1.807, 2.05) is 30.3 Å². The van der Waals surface area contributed by atoms with Crippen molar-refractivity contribution in [2.45, 2.75) is 5.03 Å². The highest BCUT2D eigenvalue weighted by molar-refractivity contribution is 8.00. The predicted octanol–water partition coefficient (Wildman–Crippen LogP) is 2.67. The predicted molar refractivity (Wildman–Crippen MR) is 106 cm³/mol. The lowest BCUT2D eigenvalue weighted by Crippen LogP contribution is -2.14. The Morgan fingerprint density at radius 2 is 1.97 bits per heavy atom. The maximum Gasteiger partial charge on any atom is 0.234 e. The third kappa shape index (κ3) is 3.45. The highest BCUT2D eigenvalue weighted by atomic mass is 32.2. The lowest BCUT2D eigenvalue weighted by molar-refractivity contribution is -0.113. The molecule has 1 amide bonds. The molecule has 0 fully saturated rings.